The monoisotopic (exact) mass is 220 g/mol. The molecule has 0 amide bonds. The van der Waals surface area contributed by atoms with E-state index in [0.717, 1.165) is 24.2 Å². The van der Waals surface area contributed by atoms with Crippen molar-refractivity contribution in [1.29, 1.82) is 0 Å². The van der Waals surface area contributed by atoms with Crippen LogP contribution in [0.4, 0.5) is 11.4 Å². The molecule has 16 heavy (non-hydrogen) atoms. The van der Waals surface area contributed by atoms with Crippen molar-refractivity contribution in [2.24, 2.45) is 0 Å². The summed E-state index contributed by atoms with van der Waals surface area (Å²) >= 11 is 0. The lowest BCUT2D eigenvalue weighted by Gasteiger charge is -2.11. The number of hydrogen-bond donors (Lipinski definition) is 2. The number of aryl methyl sites for hydroxylation is 2. The van der Waals surface area contributed by atoms with Gasteiger partial charge in [-0.15, -0.1) is 0 Å². The molecule has 0 fully saturated rings. The molecule has 4 N–H and O–H groups in total. The highest BCUT2D eigenvalue weighted by molar-refractivity contribution is 5.60. The van der Waals surface area contributed by atoms with Gasteiger partial charge in [0.1, 0.15) is 0 Å². The maximum Gasteiger partial charge on any atom is 0.0350 e. The summed E-state index contributed by atoms with van der Waals surface area (Å²) < 4.78 is 0. The van der Waals surface area contributed by atoms with Crippen LogP contribution >= 0.6 is 0 Å². The smallest absolute Gasteiger partial charge is 0.0350 e. The molecule has 0 saturated heterocycles. The predicted octanol–water partition coefficient (Wildman–Crippen LogP) is 3.54. The van der Waals surface area contributed by atoms with Crippen molar-refractivity contribution in [2.45, 2.75) is 52.4 Å². The Bertz CT molecular complexity index is 298. The molecular formula is C14H24N2. The lowest BCUT2D eigenvalue weighted by Crippen LogP contribution is -2.01. The van der Waals surface area contributed by atoms with Gasteiger partial charge in [0.05, 0.1) is 0 Å². The summed E-state index contributed by atoms with van der Waals surface area (Å²) in [7, 11) is 0. The second-order valence-corrected chi connectivity index (χ2v) is 4.46. The molecule has 0 heterocycles. The zero-order chi connectivity index (χ0) is 12.0. The van der Waals surface area contributed by atoms with Crippen molar-refractivity contribution in [1.82, 2.24) is 0 Å². The van der Waals surface area contributed by atoms with Gasteiger partial charge in [-0.1, -0.05) is 26.7 Å². The fraction of sp³-hybridized carbons (Fsp3) is 0.571. The van der Waals surface area contributed by atoms with Crippen molar-refractivity contribution in [3.05, 3.63) is 23.3 Å². The van der Waals surface area contributed by atoms with Crippen molar-refractivity contribution < 1.29 is 0 Å². The molecule has 0 bridgehead atoms. The first-order valence-electron chi connectivity index (χ1n) is 6.35. The van der Waals surface area contributed by atoms with E-state index in [9.17, 15) is 0 Å². The fourth-order valence-corrected chi connectivity index (χ4v) is 1.89. The molecule has 1 rings (SSSR count). The molecule has 0 radical (unpaired) electrons. The highest BCUT2D eigenvalue weighted by Crippen LogP contribution is 2.24. The minimum Gasteiger partial charge on any atom is -0.398 e. The Kier molecular flexibility index (Phi) is 5.17. The van der Waals surface area contributed by atoms with Crippen LogP contribution in [0.3, 0.4) is 0 Å². The molecule has 2 heteroatoms. The first-order chi connectivity index (χ1) is 7.69. The van der Waals surface area contributed by atoms with Crippen LogP contribution in [0.2, 0.25) is 0 Å². The third kappa shape index (κ3) is 3.44. The summed E-state index contributed by atoms with van der Waals surface area (Å²) in [6.07, 6.45) is 6.82. The Labute approximate surface area is 99.0 Å². The van der Waals surface area contributed by atoms with E-state index in [0.29, 0.717) is 0 Å². The number of benzene rings is 1. The van der Waals surface area contributed by atoms with Gasteiger partial charge in [0.25, 0.3) is 0 Å². The van der Waals surface area contributed by atoms with E-state index in [-0.39, 0.29) is 0 Å². The SMILES string of the molecule is CCCCc1cc(N)c(CCCC)cc1N. The van der Waals surface area contributed by atoms with E-state index in [1.165, 1.54) is 36.8 Å². The normalized spacial score (nSPS) is 10.6. The Hall–Kier alpha value is -1.18. The zero-order valence-electron chi connectivity index (χ0n) is 10.6. The fourth-order valence-electron chi connectivity index (χ4n) is 1.89. The molecular weight excluding hydrogens is 196 g/mol. The van der Waals surface area contributed by atoms with E-state index in [1.807, 2.05) is 0 Å². The lowest BCUT2D eigenvalue weighted by atomic mass is 9.99. The topological polar surface area (TPSA) is 52.0 Å². The van der Waals surface area contributed by atoms with Gasteiger partial charge in [-0.3, -0.25) is 0 Å². The van der Waals surface area contributed by atoms with E-state index < -0.39 is 0 Å². The molecule has 1 aromatic carbocycles. The maximum absolute atomic E-state index is 6.05. The third-order valence-corrected chi connectivity index (χ3v) is 3.00. The largest absolute Gasteiger partial charge is 0.398 e. The van der Waals surface area contributed by atoms with Gasteiger partial charge < -0.3 is 11.5 Å². The molecule has 0 spiro atoms. The molecule has 0 aliphatic rings. The van der Waals surface area contributed by atoms with Gasteiger partial charge in [-0.2, -0.15) is 0 Å². The van der Waals surface area contributed by atoms with Gasteiger partial charge in [0.15, 0.2) is 0 Å². The number of unbranched alkanes of at least 4 members (excludes halogenated alkanes) is 2. The quantitative estimate of drug-likeness (QED) is 0.720. The van der Waals surface area contributed by atoms with E-state index in [2.05, 4.69) is 26.0 Å². The number of rotatable bonds is 6. The predicted molar refractivity (Wildman–Crippen MR) is 72.5 cm³/mol. The van der Waals surface area contributed by atoms with Crippen LogP contribution in [0.15, 0.2) is 12.1 Å². The van der Waals surface area contributed by atoms with Crippen LogP contribution in [-0.2, 0) is 12.8 Å². The number of hydrogen-bond acceptors (Lipinski definition) is 2. The maximum atomic E-state index is 6.05. The summed E-state index contributed by atoms with van der Waals surface area (Å²) in [5, 5.41) is 0. The summed E-state index contributed by atoms with van der Waals surface area (Å²) in [6.45, 7) is 4.38. The number of anilines is 2. The third-order valence-electron chi connectivity index (χ3n) is 3.00. The van der Waals surface area contributed by atoms with Gasteiger partial charge >= 0.3 is 0 Å². The van der Waals surface area contributed by atoms with Gasteiger partial charge in [0.2, 0.25) is 0 Å². The Balaban J connectivity index is 2.79. The Morgan fingerprint density at radius 3 is 1.50 bits per heavy atom. The van der Waals surface area contributed by atoms with Gasteiger partial charge in [-0.05, 0) is 48.9 Å². The average molecular weight is 220 g/mol. The van der Waals surface area contributed by atoms with Crippen LogP contribution in [0.1, 0.15) is 50.7 Å². The van der Waals surface area contributed by atoms with Crippen molar-refractivity contribution >= 4 is 11.4 Å². The van der Waals surface area contributed by atoms with Crippen LogP contribution in [0, 0.1) is 0 Å². The molecule has 0 atom stereocenters. The lowest BCUT2D eigenvalue weighted by molar-refractivity contribution is 0.788. The summed E-state index contributed by atoms with van der Waals surface area (Å²) in [6, 6.07) is 4.13. The average Bonchev–Trinajstić information content (AvgIpc) is 2.28. The van der Waals surface area contributed by atoms with E-state index in [4.69, 9.17) is 11.5 Å². The van der Waals surface area contributed by atoms with Crippen molar-refractivity contribution in [2.75, 3.05) is 11.5 Å². The summed E-state index contributed by atoms with van der Waals surface area (Å²) in [5.41, 5.74) is 16.3. The first kappa shape index (κ1) is 12.9. The zero-order valence-corrected chi connectivity index (χ0v) is 10.6. The Morgan fingerprint density at radius 1 is 0.812 bits per heavy atom. The van der Waals surface area contributed by atoms with Gasteiger partial charge in [0, 0.05) is 11.4 Å². The molecule has 0 saturated carbocycles. The molecule has 0 unspecified atom stereocenters. The second kappa shape index (κ2) is 6.41. The standard InChI is InChI=1S/C14H24N2/c1-3-5-7-11-9-14(16)12(8-6-4-2)10-13(11)15/h9-10H,3-8,15-16H2,1-2H3. The minimum absolute atomic E-state index is 0.911. The molecule has 0 aliphatic heterocycles. The summed E-state index contributed by atoms with van der Waals surface area (Å²) in [4.78, 5) is 0. The van der Waals surface area contributed by atoms with Crippen LogP contribution in [0.5, 0.6) is 0 Å². The van der Waals surface area contributed by atoms with Crippen molar-refractivity contribution in [3.8, 4) is 0 Å². The number of nitrogen functional groups attached to an aromatic ring is 2. The highest BCUT2D eigenvalue weighted by atomic mass is 14.6. The number of nitrogens with two attached hydrogens (primary N) is 2. The second-order valence-electron chi connectivity index (χ2n) is 4.46. The highest BCUT2D eigenvalue weighted by Gasteiger charge is 2.05. The van der Waals surface area contributed by atoms with Crippen LogP contribution in [-0.4, -0.2) is 0 Å². The Morgan fingerprint density at radius 2 is 1.19 bits per heavy atom. The summed E-state index contributed by atoms with van der Waals surface area (Å²) in [5.74, 6) is 0. The van der Waals surface area contributed by atoms with Crippen LogP contribution in [0.25, 0.3) is 0 Å². The molecule has 0 aliphatic carbocycles. The molecule has 2 nitrogen and oxygen atoms in total. The molecule has 1 aromatic rings. The van der Waals surface area contributed by atoms with E-state index >= 15 is 0 Å². The minimum atomic E-state index is 0.911. The van der Waals surface area contributed by atoms with Crippen molar-refractivity contribution in [3.63, 3.8) is 0 Å². The molecule has 0 aromatic heterocycles. The van der Waals surface area contributed by atoms with Crippen LogP contribution < -0.4 is 11.5 Å². The van der Waals surface area contributed by atoms with E-state index in [1.54, 1.807) is 0 Å². The molecule has 90 valence electrons. The first-order valence-corrected chi connectivity index (χ1v) is 6.35. The van der Waals surface area contributed by atoms with Gasteiger partial charge in [-0.25, -0.2) is 0 Å².